The molecule has 0 bridgehead atoms. The highest BCUT2D eigenvalue weighted by Gasteiger charge is 2.32. The lowest BCUT2D eigenvalue weighted by atomic mass is 10.1. The SMILES string of the molecule is COC(=O)CCSC(C)(C)[C@@H](N)C(=O)O. The summed E-state index contributed by atoms with van der Waals surface area (Å²) in [6, 6.07) is -0.944. The van der Waals surface area contributed by atoms with E-state index >= 15 is 0 Å². The van der Waals surface area contributed by atoms with Gasteiger partial charge in [-0.1, -0.05) is 0 Å². The Kier molecular flexibility index (Phi) is 5.67. The predicted molar refractivity (Wildman–Crippen MR) is 58.8 cm³/mol. The van der Waals surface area contributed by atoms with Crippen molar-refractivity contribution in [1.29, 1.82) is 0 Å². The average molecular weight is 235 g/mol. The Morgan fingerprint density at radius 2 is 2.07 bits per heavy atom. The lowest BCUT2D eigenvalue weighted by Crippen LogP contribution is -2.46. The molecule has 15 heavy (non-hydrogen) atoms. The fourth-order valence-electron chi connectivity index (χ4n) is 0.887. The second-order valence-electron chi connectivity index (χ2n) is 3.59. The van der Waals surface area contributed by atoms with Crippen LogP contribution in [0.2, 0.25) is 0 Å². The second kappa shape index (κ2) is 5.97. The molecule has 0 heterocycles. The number of nitrogens with two attached hydrogens (primary N) is 1. The summed E-state index contributed by atoms with van der Waals surface area (Å²) in [4.78, 5) is 21.5. The van der Waals surface area contributed by atoms with Crippen LogP contribution in [-0.2, 0) is 14.3 Å². The van der Waals surface area contributed by atoms with E-state index in [1.807, 2.05) is 0 Å². The Hall–Kier alpha value is -0.750. The molecule has 0 saturated carbocycles. The molecule has 0 spiro atoms. The van der Waals surface area contributed by atoms with Gasteiger partial charge >= 0.3 is 11.9 Å². The summed E-state index contributed by atoms with van der Waals surface area (Å²) in [5, 5.41) is 8.74. The van der Waals surface area contributed by atoms with Crippen molar-refractivity contribution in [3.63, 3.8) is 0 Å². The van der Waals surface area contributed by atoms with Gasteiger partial charge in [-0.25, -0.2) is 0 Å². The Morgan fingerprint density at radius 1 is 1.53 bits per heavy atom. The number of carboxylic acid groups (broad SMARTS) is 1. The van der Waals surface area contributed by atoms with E-state index in [1.54, 1.807) is 13.8 Å². The quantitative estimate of drug-likeness (QED) is 0.651. The van der Waals surface area contributed by atoms with Gasteiger partial charge in [0.1, 0.15) is 6.04 Å². The lowest BCUT2D eigenvalue weighted by Gasteiger charge is -2.27. The minimum Gasteiger partial charge on any atom is -0.480 e. The first-order valence-corrected chi connectivity index (χ1v) is 5.49. The van der Waals surface area contributed by atoms with Crippen LogP contribution in [0, 0.1) is 0 Å². The van der Waals surface area contributed by atoms with Crippen molar-refractivity contribution in [3.8, 4) is 0 Å². The molecular formula is C9H17NO4S. The molecule has 0 aliphatic rings. The van der Waals surface area contributed by atoms with Crippen LogP contribution in [0.3, 0.4) is 0 Å². The van der Waals surface area contributed by atoms with Gasteiger partial charge in [0, 0.05) is 10.5 Å². The van der Waals surface area contributed by atoms with Gasteiger partial charge in [0.25, 0.3) is 0 Å². The van der Waals surface area contributed by atoms with Crippen LogP contribution in [0.1, 0.15) is 20.3 Å². The van der Waals surface area contributed by atoms with E-state index in [2.05, 4.69) is 4.74 Å². The predicted octanol–water partition coefficient (Wildman–Crippen LogP) is 0.473. The van der Waals surface area contributed by atoms with Gasteiger partial charge in [-0.3, -0.25) is 9.59 Å². The number of rotatable bonds is 6. The van der Waals surface area contributed by atoms with Gasteiger partial charge in [0.05, 0.1) is 13.5 Å². The highest BCUT2D eigenvalue weighted by atomic mass is 32.2. The van der Waals surface area contributed by atoms with Crippen molar-refractivity contribution in [2.75, 3.05) is 12.9 Å². The minimum atomic E-state index is -1.04. The van der Waals surface area contributed by atoms with Crippen molar-refractivity contribution in [2.45, 2.75) is 31.1 Å². The maximum atomic E-state index is 10.8. The van der Waals surface area contributed by atoms with E-state index in [9.17, 15) is 9.59 Å². The molecule has 0 aromatic carbocycles. The molecule has 88 valence electrons. The molecule has 0 saturated heterocycles. The fraction of sp³-hybridized carbons (Fsp3) is 0.778. The van der Waals surface area contributed by atoms with Crippen LogP contribution < -0.4 is 5.73 Å². The summed E-state index contributed by atoms with van der Waals surface area (Å²) >= 11 is 1.35. The third-order valence-corrected chi connectivity index (χ3v) is 3.43. The number of aliphatic carboxylic acids is 1. The van der Waals surface area contributed by atoms with Crippen LogP contribution in [-0.4, -0.2) is 40.7 Å². The molecule has 0 aromatic rings. The van der Waals surface area contributed by atoms with E-state index in [4.69, 9.17) is 10.8 Å². The van der Waals surface area contributed by atoms with Crippen molar-refractivity contribution >= 4 is 23.7 Å². The number of hydrogen-bond acceptors (Lipinski definition) is 5. The van der Waals surface area contributed by atoms with Gasteiger partial charge in [-0.2, -0.15) is 11.8 Å². The molecule has 0 fully saturated rings. The van der Waals surface area contributed by atoms with E-state index < -0.39 is 16.8 Å². The van der Waals surface area contributed by atoms with Crippen molar-refractivity contribution in [3.05, 3.63) is 0 Å². The smallest absolute Gasteiger partial charge is 0.321 e. The number of ether oxygens (including phenoxy) is 1. The molecule has 0 aromatic heterocycles. The van der Waals surface area contributed by atoms with Gasteiger partial charge in [0.15, 0.2) is 0 Å². The van der Waals surface area contributed by atoms with E-state index in [-0.39, 0.29) is 12.4 Å². The molecule has 0 aliphatic carbocycles. The molecule has 0 aliphatic heterocycles. The van der Waals surface area contributed by atoms with E-state index in [0.29, 0.717) is 5.75 Å². The zero-order chi connectivity index (χ0) is 12.1. The molecule has 0 rings (SSSR count). The Labute approximate surface area is 93.4 Å². The third kappa shape index (κ3) is 5.03. The monoisotopic (exact) mass is 235 g/mol. The number of thioether (sulfide) groups is 1. The second-order valence-corrected chi connectivity index (χ2v) is 5.34. The van der Waals surface area contributed by atoms with Gasteiger partial charge < -0.3 is 15.6 Å². The molecular weight excluding hydrogens is 218 g/mol. The molecule has 1 atom stereocenters. The van der Waals surface area contributed by atoms with Crippen LogP contribution in [0.5, 0.6) is 0 Å². The largest absolute Gasteiger partial charge is 0.480 e. The number of hydrogen-bond donors (Lipinski definition) is 2. The van der Waals surface area contributed by atoms with E-state index in [1.165, 1.54) is 18.9 Å². The standard InChI is InChI=1S/C9H17NO4S/c1-9(2,7(10)8(12)13)15-5-4-6(11)14-3/h7H,4-5,10H2,1-3H3,(H,12,13)/t7-/m0/s1. The number of methoxy groups -OCH3 is 1. The van der Waals surface area contributed by atoms with Crippen LogP contribution in [0.15, 0.2) is 0 Å². The van der Waals surface area contributed by atoms with Crippen molar-refractivity contribution < 1.29 is 19.4 Å². The summed E-state index contributed by atoms with van der Waals surface area (Å²) in [6.45, 7) is 3.49. The maximum Gasteiger partial charge on any atom is 0.321 e. The minimum absolute atomic E-state index is 0.261. The Balaban J connectivity index is 4.04. The van der Waals surface area contributed by atoms with Gasteiger partial charge in [0.2, 0.25) is 0 Å². The van der Waals surface area contributed by atoms with Crippen molar-refractivity contribution in [1.82, 2.24) is 0 Å². The van der Waals surface area contributed by atoms with Gasteiger partial charge in [-0.15, -0.1) is 0 Å². The Bertz CT molecular complexity index is 242. The summed E-state index contributed by atoms with van der Waals surface area (Å²) in [5.41, 5.74) is 5.51. The summed E-state index contributed by atoms with van der Waals surface area (Å²) in [6.07, 6.45) is 0.261. The summed E-state index contributed by atoms with van der Waals surface area (Å²) in [7, 11) is 1.32. The maximum absolute atomic E-state index is 10.8. The molecule has 3 N–H and O–H groups in total. The molecule has 5 nitrogen and oxygen atoms in total. The molecule has 6 heteroatoms. The first kappa shape index (κ1) is 14.2. The fourth-order valence-corrected chi connectivity index (χ4v) is 1.96. The summed E-state index contributed by atoms with van der Waals surface area (Å²) < 4.78 is 3.88. The Morgan fingerprint density at radius 3 is 2.47 bits per heavy atom. The molecule has 0 radical (unpaired) electrons. The highest BCUT2D eigenvalue weighted by Crippen LogP contribution is 2.27. The zero-order valence-electron chi connectivity index (χ0n) is 9.15. The average Bonchev–Trinajstić information content (AvgIpc) is 2.15. The molecule has 0 amide bonds. The van der Waals surface area contributed by atoms with Crippen molar-refractivity contribution in [2.24, 2.45) is 5.73 Å². The van der Waals surface area contributed by atoms with Gasteiger partial charge in [-0.05, 0) is 13.8 Å². The third-order valence-electron chi connectivity index (χ3n) is 2.02. The lowest BCUT2D eigenvalue weighted by molar-refractivity contribution is -0.140. The number of esters is 1. The molecule has 0 unspecified atom stereocenters. The first-order chi connectivity index (χ1) is 6.81. The van der Waals surface area contributed by atoms with Crippen LogP contribution in [0.4, 0.5) is 0 Å². The normalized spacial score (nSPS) is 13.3. The van der Waals surface area contributed by atoms with Crippen LogP contribution >= 0.6 is 11.8 Å². The van der Waals surface area contributed by atoms with Crippen LogP contribution in [0.25, 0.3) is 0 Å². The number of carbonyl (C=O) groups excluding carboxylic acids is 1. The number of carbonyl (C=O) groups is 2. The van der Waals surface area contributed by atoms with E-state index in [0.717, 1.165) is 0 Å². The number of carboxylic acids is 1. The zero-order valence-corrected chi connectivity index (χ0v) is 9.97. The first-order valence-electron chi connectivity index (χ1n) is 4.50. The highest BCUT2D eigenvalue weighted by molar-refractivity contribution is 8.00. The topological polar surface area (TPSA) is 89.6 Å². The summed E-state index contributed by atoms with van der Waals surface area (Å²) in [5.74, 6) is -0.839.